The Bertz CT molecular complexity index is 538. The van der Waals surface area contributed by atoms with Crippen LogP contribution < -0.4 is 15.5 Å². The van der Waals surface area contributed by atoms with Gasteiger partial charge in [0.2, 0.25) is 0 Å². The molecule has 0 aliphatic carbocycles. The highest BCUT2D eigenvalue weighted by atomic mass is 16.2. The lowest BCUT2D eigenvalue weighted by atomic mass is 10.1. The van der Waals surface area contributed by atoms with Crippen LogP contribution in [0.5, 0.6) is 0 Å². The Morgan fingerprint density at radius 2 is 1.68 bits per heavy atom. The van der Waals surface area contributed by atoms with E-state index in [0.717, 1.165) is 24.3 Å². The van der Waals surface area contributed by atoms with E-state index in [9.17, 15) is 9.59 Å². The third kappa shape index (κ3) is 9.87. The third-order valence-corrected chi connectivity index (χ3v) is 3.95. The van der Waals surface area contributed by atoms with Gasteiger partial charge in [0.1, 0.15) is 0 Å². The van der Waals surface area contributed by atoms with Crippen LogP contribution in [0.2, 0.25) is 0 Å². The number of rotatable bonds is 9. The second kappa shape index (κ2) is 10.2. The topological polar surface area (TPSA) is 62.6 Å². The summed E-state index contributed by atoms with van der Waals surface area (Å²) in [6.45, 7) is 11.3. The fourth-order valence-electron chi connectivity index (χ4n) is 2.65. The summed E-state index contributed by atoms with van der Waals surface area (Å²) in [5, 5.41) is 5.99. The van der Waals surface area contributed by atoms with Gasteiger partial charge >= 0.3 is 0 Å². The number of hydrogen-bond donors (Lipinski definition) is 3. The molecule has 2 atom stereocenters. The van der Waals surface area contributed by atoms with Gasteiger partial charge in [0.05, 0.1) is 6.54 Å². The molecule has 0 saturated carbocycles. The molecule has 0 aliphatic rings. The molecule has 0 bridgehead atoms. The molecular weight excluding hydrogens is 314 g/mol. The molecule has 0 heterocycles. The van der Waals surface area contributed by atoms with Crippen molar-refractivity contribution >= 4 is 11.8 Å². The average molecular weight is 349 g/mol. The number of nitrogens with one attached hydrogen (secondary N) is 3. The fraction of sp³-hybridized carbons (Fsp3) is 0.600. The molecule has 1 aromatic rings. The van der Waals surface area contributed by atoms with E-state index in [4.69, 9.17) is 0 Å². The zero-order valence-corrected chi connectivity index (χ0v) is 16.3. The van der Waals surface area contributed by atoms with Crippen molar-refractivity contribution in [1.82, 2.24) is 10.6 Å². The zero-order chi connectivity index (χ0) is 18.9. The highest BCUT2D eigenvalue weighted by Gasteiger charge is 2.20. The Morgan fingerprint density at radius 3 is 2.24 bits per heavy atom. The van der Waals surface area contributed by atoms with Crippen molar-refractivity contribution in [3.05, 3.63) is 35.9 Å². The van der Waals surface area contributed by atoms with Gasteiger partial charge in [0, 0.05) is 11.6 Å². The van der Waals surface area contributed by atoms with Crippen molar-refractivity contribution in [3.8, 4) is 0 Å². The largest absolute Gasteiger partial charge is 0.349 e. The van der Waals surface area contributed by atoms with E-state index in [1.54, 1.807) is 0 Å². The molecule has 5 nitrogen and oxygen atoms in total. The molecule has 140 valence electrons. The summed E-state index contributed by atoms with van der Waals surface area (Å²) in [5.41, 5.74) is 1.03. The number of carbonyl (C=O) groups excluding carboxylic acids is 2. The first-order chi connectivity index (χ1) is 11.7. The molecular formula is C20H34N3O2+. The first-order valence-corrected chi connectivity index (χ1v) is 9.17. The minimum absolute atomic E-state index is 0.000898. The lowest BCUT2D eigenvalue weighted by Crippen LogP contribution is -3.14. The Balaban J connectivity index is 2.36. The van der Waals surface area contributed by atoms with Crippen LogP contribution in [0.25, 0.3) is 0 Å². The second-order valence-corrected chi connectivity index (χ2v) is 7.75. The predicted molar refractivity (Wildman–Crippen MR) is 102 cm³/mol. The van der Waals surface area contributed by atoms with Gasteiger partial charge in [-0.25, -0.2) is 0 Å². The van der Waals surface area contributed by atoms with E-state index in [-0.39, 0.29) is 23.4 Å². The van der Waals surface area contributed by atoms with E-state index in [1.165, 1.54) is 5.56 Å². The standard InChI is InChI=1S/C20H33N3O2/c1-6-23(15-19(25)22-20(3,4)5)14-18(24)21-16(2)12-13-17-10-8-7-9-11-17/h7-11,16H,6,12-15H2,1-5H3,(H,21,24)(H,22,25)/p+1/t16-/m1/s1. The van der Waals surface area contributed by atoms with Gasteiger partial charge in [0.15, 0.2) is 13.1 Å². The second-order valence-electron chi connectivity index (χ2n) is 7.75. The Kier molecular flexibility index (Phi) is 8.62. The molecule has 5 heteroatoms. The summed E-state index contributed by atoms with van der Waals surface area (Å²) in [5.74, 6) is -0.0183. The van der Waals surface area contributed by atoms with Crippen LogP contribution in [0.3, 0.4) is 0 Å². The Labute approximate surface area is 152 Å². The molecule has 1 rings (SSSR count). The van der Waals surface area contributed by atoms with Crippen LogP contribution in [0.4, 0.5) is 0 Å². The number of amides is 2. The summed E-state index contributed by atoms with van der Waals surface area (Å²) >= 11 is 0. The van der Waals surface area contributed by atoms with Crippen molar-refractivity contribution < 1.29 is 14.5 Å². The summed E-state index contributed by atoms with van der Waals surface area (Å²) in [7, 11) is 0. The first-order valence-electron chi connectivity index (χ1n) is 9.17. The number of hydrogen-bond acceptors (Lipinski definition) is 2. The molecule has 0 radical (unpaired) electrons. The summed E-state index contributed by atoms with van der Waals surface area (Å²) < 4.78 is 0. The molecule has 0 aromatic heterocycles. The molecule has 3 N–H and O–H groups in total. The quantitative estimate of drug-likeness (QED) is 0.622. The van der Waals surface area contributed by atoms with Crippen LogP contribution in [-0.4, -0.2) is 43.0 Å². The Hall–Kier alpha value is -1.88. The van der Waals surface area contributed by atoms with Crippen LogP contribution in [-0.2, 0) is 16.0 Å². The summed E-state index contributed by atoms with van der Waals surface area (Å²) in [6, 6.07) is 10.4. The number of likely N-dealkylation sites (N-methyl/N-ethyl adjacent to an activating group) is 1. The van der Waals surface area contributed by atoms with Crippen molar-refractivity contribution in [2.75, 3.05) is 19.6 Å². The van der Waals surface area contributed by atoms with Crippen LogP contribution in [0.15, 0.2) is 30.3 Å². The number of quaternary nitrogens is 1. The minimum atomic E-state index is -0.246. The first kappa shape index (κ1) is 21.2. The van der Waals surface area contributed by atoms with E-state index < -0.39 is 0 Å². The highest BCUT2D eigenvalue weighted by molar-refractivity contribution is 5.79. The van der Waals surface area contributed by atoms with Crippen molar-refractivity contribution in [1.29, 1.82) is 0 Å². The molecule has 2 amide bonds. The number of benzene rings is 1. The highest BCUT2D eigenvalue weighted by Crippen LogP contribution is 2.04. The fourth-order valence-corrected chi connectivity index (χ4v) is 2.65. The molecule has 25 heavy (non-hydrogen) atoms. The van der Waals surface area contributed by atoms with Crippen LogP contribution in [0, 0.1) is 0 Å². The Morgan fingerprint density at radius 1 is 1.08 bits per heavy atom. The van der Waals surface area contributed by atoms with Gasteiger partial charge in [0.25, 0.3) is 11.8 Å². The lowest BCUT2D eigenvalue weighted by molar-refractivity contribution is -0.881. The van der Waals surface area contributed by atoms with Crippen LogP contribution in [0.1, 0.15) is 46.6 Å². The molecule has 0 saturated heterocycles. The van der Waals surface area contributed by atoms with Gasteiger partial charge in [-0.1, -0.05) is 30.3 Å². The molecule has 1 unspecified atom stereocenters. The maximum absolute atomic E-state index is 12.2. The van der Waals surface area contributed by atoms with Gasteiger partial charge in [-0.15, -0.1) is 0 Å². The molecule has 1 aromatic carbocycles. The average Bonchev–Trinajstić information content (AvgIpc) is 2.51. The third-order valence-electron chi connectivity index (χ3n) is 3.95. The SMILES string of the molecule is CC[NH+](CC(=O)N[C@H](C)CCc1ccccc1)CC(=O)NC(C)(C)C. The maximum Gasteiger partial charge on any atom is 0.275 e. The number of aryl methyl sites for hydroxylation is 1. The maximum atomic E-state index is 12.2. The molecule has 0 spiro atoms. The monoisotopic (exact) mass is 348 g/mol. The van der Waals surface area contributed by atoms with E-state index >= 15 is 0 Å². The molecule has 0 aliphatic heterocycles. The zero-order valence-electron chi connectivity index (χ0n) is 16.3. The lowest BCUT2D eigenvalue weighted by Gasteiger charge is -2.23. The van der Waals surface area contributed by atoms with Gasteiger partial charge < -0.3 is 15.5 Å². The molecule has 0 fully saturated rings. The normalized spacial score (nSPS) is 13.8. The van der Waals surface area contributed by atoms with Gasteiger partial charge in [-0.05, 0) is 53.0 Å². The van der Waals surface area contributed by atoms with Crippen molar-refractivity contribution in [2.24, 2.45) is 0 Å². The van der Waals surface area contributed by atoms with Crippen LogP contribution >= 0.6 is 0 Å². The summed E-state index contributed by atoms with van der Waals surface area (Å²) in [4.78, 5) is 25.2. The smallest absolute Gasteiger partial charge is 0.275 e. The van der Waals surface area contributed by atoms with E-state index in [2.05, 4.69) is 22.8 Å². The van der Waals surface area contributed by atoms with E-state index in [0.29, 0.717) is 13.1 Å². The van der Waals surface area contributed by atoms with Gasteiger partial charge in [-0.3, -0.25) is 9.59 Å². The summed E-state index contributed by atoms with van der Waals surface area (Å²) in [6.07, 6.45) is 1.85. The predicted octanol–water partition coefficient (Wildman–Crippen LogP) is 0.943. The van der Waals surface area contributed by atoms with Crippen molar-refractivity contribution in [3.63, 3.8) is 0 Å². The number of carbonyl (C=O) groups is 2. The van der Waals surface area contributed by atoms with E-state index in [1.807, 2.05) is 52.8 Å². The minimum Gasteiger partial charge on any atom is -0.349 e. The van der Waals surface area contributed by atoms with Crippen molar-refractivity contribution in [2.45, 2.75) is 59.0 Å². The van der Waals surface area contributed by atoms with Gasteiger partial charge in [-0.2, -0.15) is 0 Å².